The molecule has 0 bridgehead atoms. The van der Waals surface area contributed by atoms with Gasteiger partial charge in [-0.1, -0.05) is 6.07 Å². The number of anilines is 1. The van der Waals surface area contributed by atoms with Crippen molar-refractivity contribution < 1.29 is 13.3 Å². The van der Waals surface area contributed by atoms with Gasteiger partial charge in [-0.25, -0.2) is 8.42 Å². The molecule has 0 aromatic heterocycles. The Hall–Kier alpha value is -1.67. The van der Waals surface area contributed by atoms with Gasteiger partial charge in [0.05, 0.1) is 16.4 Å². The molecule has 1 aromatic carbocycles. The van der Waals surface area contributed by atoms with Crippen molar-refractivity contribution in [3.8, 4) is 0 Å². The Bertz CT molecular complexity index is 630. The van der Waals surface area contributed by atoms with Crippen LogP contribution in [0.4, 0.5) is 11.4 Å². The highest BCUT2D eigenvalue weighted by molar-refractivity contribution is 7.91. The van der Waals surface area contributed by atoms with Crippen LogP contribution in [0.5, 0.6) is 0 Å². The Morgan fingerprint density at radius 1 is 1.33 bits per heavy atom. The molecule has 8 heteroatoms. The molecular formula is C13H19N3O4S. The molecule has 0 amide bonds. The Kier molecular flexibility index (Phi) is 4.79. The SMILES string of the molecule is CNc1cc(CN2CCCS(=O)(=O)CC2)ccc1[N+](=O)[O-]. The van der Waals surface area contributed by atoms with E-state index in [4.69, 9.17) is 0 Å². The van der Waals surface area contributed by atoms with Gasteiger partial charge in [0.25, 0.3) is 5.69 Å². The molecule has 0 atom stereocenters. The third-order valence-electron chi connectivity index (χ3n) is 3.58. The van der Waals surface area contributed by atoms with E-state index in [9.17, 15) is 18.5 Å². The van der Waals surface area contributed by atoms with Crippen LogP contribution < -0.4 is 5.32 Å². The molecule has 0 spiro atoms. The molecule has 1 heterocycles. The van der Waals surface area contributed by atoms with Crippen molar-refractivity contribution in [1.29, 1.82) is 0 Å². The molecule has 0 saturated carbocycles. The lowest BCUT2D eigenvalue weighted by atomic mass is 10.1. The zero-order valence-corrected chi connectivity index (χ0v) is 12.7. The van der Waals surface area contributed by atoms with E-state index < -0.39 is 14.8 Å². The van der Waals surface area contributed by atoms with Gasteiger partial charge in [-0.15, -0.1) is 0 Å². The fourth-order valence-corrected chi connectivity index (χ4v) is 3.76. The lowest BCUT2D eigenvalue weighted by Gasteiger charge is -2.19. The number of sulfone groups is 1. The largest absolute Gasteiger partial charge is 0.383 e. The van der Waals surface area contributed by atoms with Crippen molar-refractivity contribution in [2.75, 3.05) is 37.0 Å². The van der Waals surface area contributed by atoms with Gasteiger partial charge in [0.1, 0.15) is 5.69 Å². The molecule has 1 aromatic rings. The summed E-state index contributed by atoms with van der Waals surface area (Å²) >= 11 is 0. The maximum absolute atomic E-state index is 11.6. The first kappa shape index (κ1) is 15.7. The number of nitro benzene ring substituents is 1. The molecule has 1 saturated heterocycles. The fourth-order valence-electron chi connectivity index (χ4n) is 2.45. The minimum Gasteiger partial charge on any atom is -0.383 e. The van der Waals surface area contributed by atoms with Crippen LogP contribution in [0.15, 0.2) is 18.2 Å². The van der Waals surface area contributed by atoms with Crippen LogP contribution in [-0.4, -0.2) is 49.9 Å². The van der Waals surface area contributed by atoms with Crippen LogP contribution in [0.2, 0.25) is 0 Å². The van der Waals surface area contributed by atoms with Crippen molar-refractivity contribution in [1.82, 2.24) is 4.90 Å². The van der Waals surface area contributed by atoms with E-state index in [1.807, 2.05) is 0 Å². The first-order valence-electron chi connectivity index (χ1n) is 6.79. The standard InChI is InChI=1S/C13H19N3O4S/c1-14-12-9-11(3-4-13(12)16(17)18)10-15-5-2-7-21(19,20)8-6-15/h3-4,9,14H,2,5-8,10H2,1H3. The quantitative estimate of drug-likeness (QED) is 0.664. The van der Waals surface area contributed by atoms with Gasteiger partial charge in [0.2, 0.25) is 0 Å². The Morgan fingerprint density at radius 2 is 2.10 bits per heavy atom. The average molecular weight is 313 g/mol. The summed E-state index contributed by atoms with van der Waals surface area (Å²) in [6.07, 6.45) is 0.633. The number of nitrogens with zero attached hydrogens (tertiary/aromatic N) is 2. The Balaban J connectivity index is 2.11. The summed E-state index contributed by atoms with van der Waals surface area (Å²) in [4.78, 5) is 12.5. The van der Waals surface area contributed by atoms with Crippen LogP contribution in [0.3, 0.4) is 0 Å². The predicted octanol–water partition coefficient (Wildman–Crippen LogP) is 1.26. The molecule has 1 aliphatic heterocycles. The van der Waals surface area contributed by atoms with E-state index in [1.165, 1.54) is 6.07 Å². The topological polar surface area (TPSA) is 92.6 Å². The predicted molar refractivity (Wildman–Crippen MR) is 81.2 cm³/mol. The van der Waals surface area contributed by atoms with Crippen molar-refractivity contribution >= 4 is 21.2 Å². The molecule has 7 nitrogen and oxygen atoms in total. The molecule has 1 aliphatic rings. The van der Waals surface area contributed by atoms with Crippen LogP contribution in [0, 0.1) is 10.1 Å². The van der Waals surface area contributed by atoms with Gasteiger partial charge in [-0.05, 0) is 24.6 Å². The number of nitro groups is 1. The summed E-state index contributed by atoms with van der Waals surface area (Å²) in [7, 11) is -1.28. The van der Waals surface area contributed by atoms with Gasteiger partial charge in [0, 0.05) is 26.2 Å². The fraction of sp³-hybridized carbons (Fsp3) is 0.538. The lowest BCUT2D eigenvalue weighted by molar-refractivity contribution is -0.384. The average Bonchev–Trinajstić information content (AvgIpc) is 2.60. The third-order valence-corrected chi connectivity index (χ3v) is 5.30. The monoisotopic (exact) mass is 313 g/mol. The van der Waals surface area contributed by atoms with Crippen LogP contribution in [-0.2, 0) is 16.4 Å². The van der Waals surface area contributed by atoms with E-state index in [2.05, 4.69) is 10.2 Å². The van der Waals surface area contributed by atoms with Gasteiger partial charge in [0.15, 0.2) is 9.84 Å². The molecule has 0 radical (unpaired) electrons. The van der Waals surface area contributed by atoms with Crippen molar-refractivity contribution in [3.05, 3.63) is 33.9 Å². The maximum Gasteiger partial charge on any atom is 0.292 e. The highest BCUT2D eigenvalue weighted by atomic mass is 32.2. The zero-order chi connectivity index (χ0) is 15.5. The molecule has 21 heavy (non-hydrogen) atoms. The van der Waals surface area contributed by atoms with Crippen molar-refractivity contribution in [3.63, 3.8) is 0 Å². The molecule has 1 fully saturated rings. The summed E-state index contributed by atoms with van der Waals surface area (Å²) in [6.45, 7) is 1.83. The summed E-state index contributed by atoms with van der Waals surface area (Å²) < 4.78 is 23.2. The number of rotatable bonds is 4. The minimum atomic E-state index is -2.92. The summed E-state index contributed by atoms with van der Waals surface area (Å²) in [5, 5.41) is 13.7. The molecule has 0 aliphatic carbocycles. The lowest BCUT2D eigenvalue weighted by Crippen LogP contribution is -2.26. The number of nitrogens with one attached hydrogen (secondary N) is 1. The molecule has 2 rings (SSSR count). The summed E-state index contributed by atoms with van der Waals surface area (Å²) in [6, 6.07) is 4.95. The second-order valence-electron chi connectivity index (χ2n) is 5.14. The van der Waals surface area contributed by atoms with Crippen LogP contribution >= 0.6 is 0 Å². The normalized spacial score (nSPS) is 18.9. The van der Waals surface area contributed by atoms with Gasteiger partial charge in [-0.2, -0.15) is 0 Å². The molecular weight excluding hydrogens is 294 g/mol. The maximum atomic E-state index is 11.6. The van der Waals surface area contributed by atoms with E-state index >= 15 is 0 Å². The van der Waals surface area contributed by atoms with Crippen molar-refractivity contribution in [2.24, 2.45) is 0 Å². The molecule has 116 valence electrons. The van der Waals surface area contributed by atoms with E-state index in [0.717, 1.165) is 12.1 Å². The zero-order valence-electron chi connectivity index (χ0n) is 11.9. The molecule has 1 N–H and O–H groups in total. The summed E-state index contributed by atoms with van der Waals surface area (Å²) in [5.41, 5.74) is 1.45. The number of benzene rings is 1. The smallest absolute Gasteiger partial charge is 0.292 e. The highest BCUT2D eigenvalue weighted by Gasteiger charge is 2.20. The van der Waals surface area contributed by atoms with E-state index in [-0.39, 0.29) is 17.2 Å². The van der Waals surface area contributed by atoms with Gasteiger partial charge >= 0.3 is 0 Å². The van der Waals surface area contributed by atoms with Gasteiger partial charge in [-0.3, -0.25) is 15.0 Å². The van der Waals surface area contributed by atoms with E-state index in [0.29, 0.717) is 25.2 Å². The van der Waals surface area contributed by atoms with Crippen molar-refractivity contribution in [2.45, 2.75) is 13.0 Å². The van der Waals surface area contributed by atoms with Gasteiger partial charge < -0.3 is 5.32 Å². The van der Waals surface area contributed by atoms with Crippen LogP contribution in [0.25, 0.3) is 0 Å². The minimum absolute atomic E-state index is 0.0414. The summed E-state index contributed by atoms with van der Waals surface area (Å²) in [5.74, 6) is 0.421. The number of hydrogen-bond acceptors (Lipinski definition) is 6. The highest BCUT2D eigenvalue weighted by Crippen LogP contribution is 2.25. The second-order valence-corrected chi connectivity index (χ2v) is 7.44. The number of hydrogen-bond donors (Lipinski definition) is 1. The van der Waals surface area contributed by atoms with Crippen LogP contribution in [0.1, 0.15) is 12.0 Å². The first-order valence-corrected chi connectivity index (χ1v) is 8.61. The second kappa shape index (κ2) is 6.40. The Morgan fingerprint density at radius 3 is 2.76 bits per heavy atom. The molecule has 0 unspecified atom stereocenters. The Labute approximate surface area is 124 Å². The third kappa shape index (κ3) is 4.15. The van der Waals surface area contributed by atoms with E-state index in [1.54, 1.807) is 19.2 Å². The first-order chi connectivity index (χ1) is 9.91.